The summed E-state index contributed by atoms with van der Waals surface area (Å²) >= 11 is 1.52. The summed E-state index contributed by atoms with van der Waals surface area (Å²) in [7, 11) is -3.49. The molecule has 0 saturated heterocycles. The molecule has 5 rings (SSSR count). The Balaban J connectivity index is 1.33. The number of thiophene rings is 1. The van der Waals surface area contributed by atoms with Crippen molar-refractivity contribution in [1.82, 2.24) is 19.8 Å². The predicted octanol–water partition coefficient (Wildman–Crippen LogP) is 3.97. The Hall–Kier alpha value is -3.27. The maximum atomic E-state index is 13.1. The molecule has 2 N–H and O–H groups in total. The second-order valence-electron chi connectivity index (χ2n) is 7.87. The number of sulfonamides is 1. The SMILES string of the molecule is O=C(NCc1ccc(S(=O)(=O)NC2CC2)cc1)c1cn(-c2ccccc2)nc1-c1cccs1. The highest BCUT2D eigenvalue weighted by molar-refractivity contribution is 7.89. The fourth-order valence-electron chi connectivity index (χ4n) is 3.40. The van der Waals surface area contributed by atoms with Gasteiger partial charge in [-0.05, 0) is 54.1 Å². The number of nitrogens with one attached hydrogen (secondary N) is 2. The number of amides is 1. The molecule has 168 valence electrons. The number of carbonyl (C=O) groups excluding carboxylic acids is 1. The van der Waals surface area contributed by atoms with Gasteiger partial charge in [0.2, 0.25) is 10.0 Å². The molecule has 1 fully saturated rings. The number of aromatic nitrogens is 2. The molecule has 0 atom stereocenters. The number of benzene rings is 2. The number of hydrogen-bond acceptors (Lipinski definition) is 5. The molecule has 1 amide bonds. The van der Waals surface area contributed by atoms with Crippen LogP contribution in [0.15, 0.2) is 83.2 Å². The van der Waals surface area contributed by atoms with Gasteiger partial charge in [0.15, 0.2) is 0 Å². The summed E-state index contributed by atoms with van der Waals surface area (Å²) in [6.45, 7) is 0.273. The van der Waals surface area contributed by atoms with Gasteiger partial charge < -0.3 is 5.32 Å². The highest BCUT2D eigenvalue weighted by Crippen LogP contribution is 2.28. The first-order valence-electron chi connectivity index (χ1n) is 10.6. The second-order valence-corrected chi connectivity index (χ2v) is 10.5. The van der Waals surface area contributed by atoms with Crippen LogP contribution < -0.4 is 10.0 Å². The highest BCUT2D eigenvalue weighted by Gasteiger charge is 2.27. The lowest BCUT2D eigenvalue weighted by molar-refractivity contribution is 0.0951. The normalized spacial score (nSPS) is 13.7. The van der Waals surface area contributed by atoms with Crippen molar-refractivity contribution >= 4 is 27.3 Å². The van der Waals surface area contributed by atoms with Gasteiger partial charge in [-0.3, -0.25) is 4.79 Å². The fraction of sp³-hybridized carbons (Fsp3) is 0.167. The highest BCUT2D eigenvalue weighted by atomic mass is 32.2. The molecule has 0 unspecified atom stereocenters. The van der Waals surface area contributed by atoms with Gasteiger partial charge in [0.1, 0.15) is 5.69 Å². The molecule has 0 radical (unpaired) electrons. The van der Waals surface area contributed by atoms with Crippen LogP contribution in [0.25, 0.3) is 16.3 Å². The molecule has 2 aromatic carbocycles. The molecule has 1 aliphatic rings. The lowest BCUT2D eigenvalue weighted by atomic mass is 10.2. The summed E-state index contributed by atoms with van der Waals surface area (Å²) in [4.78, 5) is 14.2. The molecule has 4 aromatic rings. The average Bonchev–Trinajstić information content (AvgIpc) is 3.28. The largest absolute Gasteiger partial charge is 0.348 e. The van der Waals surface area contributed by atoms with Gasteiger partial charge in [-0.15, -0.1) is 11.3 Å². The van der Waals surface area contributed by atoms with E-state index in [1.54, 1.807) is 35.1 Å². The number of para-hydroxylation sites is 1. The first-order chi connectivity index (χ1) is 16.0. The van der Waals surface area contributed by atoms with Crippen LogP contribution in [0, 0.1) is 0 Å². The smallest absolute Gasteiger partial charge is 0.255 e. The van der Waals surface area contributed by atoms with E-state index >= 15 is 0 Å². The van der Waals surface area contributed by atoms with Crippen molar-refractivity contribution in [3.05, 3.63) is 89.4 Å². The molecule has 33 heavy (non-hydrogen) atoms. The van der Waals surface area contributed by atoms with Gasteiger partial charge >= 0.3 is 0 Å². The maximum Gasteiger partial charge on any atom is 0.255 e. The Kier molecular flexibility index (Phi) is 5.84. The van der Waals surface area contributed by atoms with Gasteiger partial charge in [0, 0.05) is 18.8 Å². The zero-order chi connectivity index (χ0) is 22.8. The van der Waals surface area contributed by atoms with E-state index in [-0.39, 0.29) is 23.4 Å². The Labute approximate surface area is 196 Å². The van der Waals surface area contributed by atoms with E-state index in [4.69, 9.17) is 0 Å². The van der Waals surface area contributed by atoms with Crippen LogP contribution in [0.3, 0.4) is 0 Å². The van der Waals surface area contributed by atoms with Crippen LogP contribution in [0.2, 0.25) is 0 Å². The minimum atomic E-state index is -3.49. The third-order valence-electron chi connectivity index (χ3n) is 5.32. The standard InChI is InChI=1S/C24H22N4O3S2/c29-24(25-15-17-8-12-20(13-9-17)33(30,31)27-18-10-11-18)21-16-28(19-5-2-1-3-6-19)26-23(21)22-7-4-14-32-22/h1-9,12-14,16,18,27H,10-11,15H2,(H,25,29). The van der Waals surface area contributed by atoms with E-state index in [9.17, 15) is 13.2 Å². The molecule has 9 heteroatoms. The van der Waals surface area contributed by atoms with E-state index in [0.717, 1.165) is 29.0 Å². The molecule has 7 nitrogen and oxygen atoms in total. The van der Waals surface area contributed by atoms with E-state index in [1.807, 2.05) is 47.8 Å². The van der Waals surface area contributed by atoms with E-state index in [2.05, 4.69) is 15.1 Å². The average molecular weight is 479 g/mol. The summed E-state index contributed by atoms with van der Waals surface area (Å²) < 4.78 is 29.0. The quantitative estimate of drug-likeness (QED) is 0.401. The lowest BCUT2D eigenvalue weighted by Crippen LogP contribution is -2.26. The lowest BCUT2D eigenvalue weighted by Gasteiger charge is -2.08. The van der Waals surface area contributed by atoms with Crippen molar-refractivity contribution in [2.24, 2.45) is 0 Å². The van der Waals surface area contributed by atoms with Crippen LogP contribution >= 0.6 is 11.3 Å². The summed E-state index contributed by atoms with van der Waals surface area (Å²) in [5.74, 6) is -0.243. The third-order valence-corrected chi connectivity index (χ3v) is 7.73. The summed E-state index contributed by atoms with van der Waals surface area (Å²) in [6, 6.07) is 20.1. The molecular formula is C24H22N4O3S2. The topological polar surface area (TPSA) is 93.1 Å². The molecule has 2 heterocycles. The number of hydrogen-bond donors (Lipinski definition) is 2. The molecule has 1 saturated carbocycles. The molecular weight excluding hydrogens is 456 g/mol. The van der Waals surface area contributed by atoms with Crippen LogP contribution in [-0.4, -0.2) is 30.1 Å². The van der Waals surface area contributed by atoms with Gasteiger partial charge in [-0.2, -0.15) is 5.10 Å². The zero-order valence-corrected chi connectivity index (χ0v) is 19.3. The van der Waals surface area contributed by atoms with Crippen molar-refractivity contribution in [2.75, 3.05) is 0 Å². The van der Waals surface area contributed by atoms with Crippen molar-refractivity contribution in [3.63, 3.8) is 0 Å². The Morgan fingerprint density at radius 1 is 1.03 bits per heavy atom. The Morgan fingerprint density at radius 2 is 1.79 bits per heavy atom. The van der Waals surface area contributed by atoms with Gasteiger partial charge in [-0.25, -0.2) is 17.8 Å². The van der Waals surface area contributed by atoms with Gasteiger partial charge in [0.25, 0.3) is 5.91 Å². The van der Waals surface area contributed by atoms with Crippen LogP contribution in [0.4, 0.5) is 0 Å². The fourth-order valence-corrected chi connectivity index (χ4v) is 5.43. The summed E-state index contributed by atoms with van der Waals surface area (Å²) in [5.41, 5.74) is 2.78. The zero-order valence-electron chi connectivity index (χ0n) is 17.6. The van der Waals surface area contributed by atoms with E-state index in [1.165, 1.54) is 11.3 Å². The molecule has 0 spiro atoms. The van der Waals surface area contributed by atoms with Gasteiger partial charge in [-0.1, -0.05) is 36.4 Å². The second kappa shape index (κ2) is 8.93. The Morgan fingerprint density at radius 3 is 2.45 bits per heavy atom. The number of rotatable bonds is 8. The van der Waals surface area contributed by atoms with E-state index < -0.39 is 10.0 Å². The van der Waals surface area contributed by atoms with Crippen molar-refractivity contribution in [2.45, 2.75) is 30.3 Å². The monoisotopic (exact) mass is 478 g/mol. The molecule has 0 bridgehead atoms. The van der Waals surface area contributed by atoms with Crippen LogP contribution in [0.5, 0.6) is 0 Å². The minimum absolute atomic E-state index is 0.0586. The number of nitrogens with zero attached hydrogens (tertiary/aromatic N) is 2. The first-order valence-corrected chi connectivity index (χ1v) is 12.9. The summed E-state index contributed by atoms with van der Waals surface area (Å²) in [5, 5.41) is 9.54. The number of carbonyl (C=O) groups is 1. The van der Waals surface area contributed by atoms with Crippen LogP contribution in [-0.2, 0) is 16.6 Å². The minimum Gasteiger partial charge on any atom is -0.348 e. The van der Waals surface area contributed by atoms with Gasteiger partial charge in [0.05, 0.1) is 21.0 Å². The van der Waals surface area contributed by atoms with E-state index in [0.29, 0.717) is 11.3 Å². The predicted molar refractivity (Wildman–Crippen MR) is 128 cm³/mol. The maximum absolute atomic E-state index is 13.1. The third kappa shape index (κ3) is 4.90. The first kappa shape index (κ1) is 21.6. The van der Waals surface area contributed by atoms with Crippen molar-refractivity contribution < 1.29 is 13.2 Å². The molecule has 2 aromatic heterocycles. The van der Waals surface area contributed by atoms with Crippen molar-refractivity contribution in [3.8, 4) is 16.3 Å². The van der Waals surface area contributed by atoms with Crippen molar-refractivity contribution in [1.29, 1.82) is 0 Å². The Bertz CT molecular complexity index is 1360. The summed E-state index contributed by atoms with van der Waals surface area (Å²) in [6.07, 6.45) is 3.51. The molecule has 0 aliphatic heterocycles. The molecule has 1 aliphatic carbocycles. The van der Waals surface area contributed by atoms with Crippen LogP contribution in [0.1, 0.15) is 28.8 Å².